The van der Waals surface area contributed by atoms with Gasteiger partial charge in [-0.15, -0.1) is 0 Å². The normalized spacial score (nSPS) is 26.2. The van der Waals surface area contributed by atoms with E-state index in [9.17, 15) is 0 Å². The van der Waals surface area contributed by atoms with E-state index in [0.717, 1.165) is 14.2 Å². The van der Waals surface area contributed by atoms with Crippen molar-refractivity contribution >= 4 is 14.0 Å². The molecule has 0 radical (unpaired) electrons. The van der Waals surface area contributed by atoms with Gasteiger partial charge < -0.3 is 10.2 Å². The molecule has 0 fully saturated rings. The maximum absolute atomic E-state index is 8.25. The fraction of sp³-hybridized carbons (Fsp3) is 0.625. The minimum absolute atomic E-state index is 0.421. The molecule has 2 nitrogen and oxygen atoms in total. The Hall–Kier alpha value is 0.544. The Kier molecular flexibility index (Phi) is 10.2. The van der Waals surface area contributed by atoms with E-state index in [2.05, 4.69) is 46.2 Å². The molecule has 0 aliphatic carbocycles. The predicted molar refractivity (Wildman–Crippen MR) is 47.0 cm³/mol. The van der Waals surface area contributed by atoms with Crippen LogP contribution < -0.4 is 10.2 Å². The topological polar surface area (TPSA) is 46.1 Å². The molecular formula is C8H14O2PTi. The molecule has 1 heterocycles. The first-order valence-corrected chi connectivity index (χ1v) is 5.16. The van der Waals surface area contributed by atoms with Gasteiger partial charge in [0.2, 0.25) is 0 Å². The van der Waals surface area contributed by atoms with Crippen molar-refractivity contribution in [2.45, 2.75) is 17.3 Å². The number of hydrogen-bond donors (Lipinski definition) is 0. The SMILES string of the molecule is CC1=C[C](C)([Ti+2])P=C1.C[O-].C[O-]. The summed E-state index contributed by atoms with van der Waals surface area (Å²) in [5.41, 5.74) is 1.43. The summed E-state index contributed by atoms with van der Waals surface area (Å²) in [6.07, 6.45) is 2.31. The molecule has 1 aliphatic heterocycles. The van der Waals surface area contributed by atoms with Crippen LogP contribution in [-0.2, 0) is 20.4 Å². The Balaban J connectivity index is 0. The Morgan fingerprint density at radius 2 is 1.75 bits per heavy atom. The smallest absolute Gasteiger partial charge is 0.153 e. The maximum Gasteiger partial charge on any atom is -0.153 e. The minimum Gasteiger partial charge on any atom is -0.857 e. The third-order valence-electron chi connectivity index (χ3n) is 1.05. The van der Waals surface area contributed by atoms with Gasteiger partial charge in [0.05, 0.1) is 0 Å². The van der Waals surface area contributed by atoms with Crippen molar-refractivity contribution in [3.05, 3.63) is 11.6 Å². The molecule has 1 aliphatic rings. The number of allylic oxidation sites excluding steroid dienone is 2. The van der Waals surface area contributed by atoms with Gasteiger partial charge in [-0.25, -0.2) is 0 Å². The van der Waals surface area contributed by atoms with E-state index in [4.69, 9.17) is 10.2 Å². The van der Waals surface area contributed by atoms with Crippen LogP contribution in [0.5, 0.6) is 0 Å². The molecule has 4 heteroatoms. The summed E-state index contributed by atoms with van der Waals surface area (Å²) in [6.45, 7) is 4.41. The van der Waals surface area contributed by atoms with Crippen LogP contribution in [-0.4, -0.2) is 23.5 Å². The van der Waals surface area contributed by atoms with E-state index in [1.54, 1.807) is 0 Å². The number of hydrogen-bond acceptors (Lipinski definition) is 2. The van der Waals surface area contributed by atoms with Crippen molar-refractivity contribution in [1.29, 1.82) is 0 Å². The molecule has 1 rings (SSSR count). The van der Waals surface area contributed by atoms with Gasteiger partial charge in [0.25, 0.3) is 0 Å². The molecule has 1 atom stereocenters. The Labute approximate surface area is 87.9 Å². The van der Waals surface area contributed by atoms with Crippen LogP contribution in [0, 0.1) is 0 Å². The first kappa shape index (κ1) is 15.0. The van der Waals surface area contributed by atoms with E-state index in [-0.39, 0.29) is 0 Å². The summed E-state index contributed by atoms with van der Waals surface area (Å²) in [4.78, 5) is 0. The second kappa shape index (κ2) is 8.16. The molecule has 12 heavy (non-hydrogen) atoms. The summed E-state index contributed by atoms with van der Waals surface area (Å²) in [5.74, 6) is 2.26. The van der Waals surface area contributed by atoms with Crippen molar-refractivity contribution in [1.82, 2.24) is 0 Å². The first-order valence-electron chi connectivity index (χ1n) is 3.41. The molecule has 0 saturated heterocycles. The zero-order valence-corrected chi connectivity index (χ0v) is 10.4. The van der Waals surface area contributed by atoms with Gasteiger partial charge in [-0.1, -0.05) is 0 Å². The van der Waals surface area contributed by atoms with Crippen LogP contribution in [0.2, 0.25) is 0 Å². The van der Waals surface area contributed by atoms with Crippen LogP contribution in [0.15, 0.2) is 11.6 Å². The van der Waals surface area contributed by atoms with E-state index in [0.29, 0.717) is 3.46 Å². The molecule has 67 valence electrons. The summed E-state index contributed by atoms with van der Waals surface area (Å²) >= 11 is 2.25. The van der Waals surface area contributed by atoms with Crippen LogP contribution in [0.25, 0.3) is 0 Å². The van der Waals surface area contributed by atoms with Gasteiger partial charge in [-0.3, -0.25) is 0 Å². The Morgan fingerprint density at radius 1 is 1.33 bits per heavy atom. The zero-order valence-electron chi connectivity index (χ0n) is 7.92. The fourth-order valence-corrected chi connectivity index (χ4v) is 2.24. The molecule has 0 spiro atoms. The largest absolute Gasteiger partial charge is 0.857 e. The molecule has 0 N–H and O–H groups in total. The van der Waals surface area contributed by atoms with Crippen LogP contribution in [0.3, 0.4) is 0 Å². The Bertz CT molecular complexity index is 164. The minimum atomic E-state index is 0.421. The molecule has 0 bridgehead atoms. The third kappa shape index (κ3) is 7.21. The molecule has 1 unspecified atom stereocenters. The predicted octanol–water partition coefficient (Wildman–Crippen LogP) is -0.0893. The molecule has 0 aromatic rings. The quantitative estimate of drug-likeness (QED) is 0.424. The fourth-order valence-electron chi connectivity index (χ4n) is 0.754. The standard InChI is InChI=1S/C6H8P.2CH3O.Ti/c1-5-3-6(2)7-4-5;2*1-2;/h3-4H,1-2H3;2*1H3;/q;2*-1;+2. The van der Waals surface area contributed by atoms with Gasteiger partial charge in [0, 0.05) is 0 Å². The Morgan fingerprint density at radius 3 is 1.83 bits per heavy atom. The second-order valence-corrected chi connectivity index (χ2v) is 6.02. The van der Waals surface area contributed by atoms with Gasteiger partial charge in [0.1, 0.15) is 0 Å². The average molecular weight is 221 g/mol. The third-order valence-corrected chi connectivity index (χ3v) is 3.08. The molecule has 0 aromatic heterocycles. The molecule has 0 saturated carbocycles. The molecule has 0 aromatic carbocycles. The summed E-state index contributed by atoms with van der Waals surface area (Å²) in [6, 6.07) is 0. The molecule has 0 amide bonds. The van der Waals surface area contributed by atoms with Crippen molar-refractivity contribution in [2.75, 3.05) is 14.2 Å². The summed E-state index contributed by atoms with van der Waals surface area (Å²) in [7, 11) is 2.94. The van der Waals surface area contributed by atoms with E-state index in [1.807, 2.05) is 0 Å². The molecular weight excluding hydrogens is 207 g/mol. The van der Waals surface area contributed by atoms with E-state index >= 15 is 0 Å². The maximum atomic E-state index is 8.25. The average Bonchev–Trinajstić information content (AvgIpc) is 2.37. The first-order chi connectivity index (χ1) is 5.60. The van der Waals surface area contributed by atoms with Crippen molar-refractivity contribution < 1.29 is 30.6 Å². The monoisotopic (exact) mass is 221 g/mol. The van der Waals surface area contributed by atoms with Crippen molar-refractivity contribution in [3.63, 3.8) is 0 Å². The van der Waals surface area contributed by atoms with Gasteiger partial charge in [0.15, 0.2) is 0 Å². The second-order valence-electron chi connectivity index (χ2n) is 2.29. The van der Waals surface area contributed by atoms with Crippen LogP contribution >= 0.6 is 8.20 Å². The summed E-state index contributed by atoms with van der Waals surface area (Å²) < 4.78 is 0.421. The van der Waals surface area contributed by atoms with Crippen LogP contribution in [0.1, 0.15) is 13.8 Å². The van der Waals surface area contributed by atoms with Gasteiger partial charge in [-0.05, 0) is 0 Å². The van der Waals surface area contributed by atoms with Crippen molar-refractivity contribution in [3.8, 4) is 0 Å². The van der Waals surface area contributed by atoms with Crippen molar-refractivity contribution in [2.24, 2.45) is 0 Å². The van der Waals surface area contributed by atoms with Crippen LogP contribution in [0.4, 0.5) is 0 Å². The number of rotatable bonds is 0. The van der Waals surface area contributed by atoms with Gasteiger partial charge >= 0.3 is 63.4 Å². The van der Waals surface area contributed by atoms with E-state index < -0.39 is 0 Å². The van der Waals surface area contributed by atoms with Gasteiger partial charge in [-0.2, -0.15) is 14.2 Å². The zero-order chi connectivity index (χ0) is 10.2. The summed E-state index contributed by atoms with van der Waals surface area (Å²) in [5, 5.41) is 16.5. The van der Waals surface area contributed by atoms with E-state index in [1.165, 1.54) is 13.8 Å².